The molecule has 0 heterocycles. The zero-order valence-corrected chi connectivity index (χ0v) is 11.3. The Hall–Kier alpha value is -2.33. The number of nitrogens with two attached hydrogens (primary N) is 2. The molecule has 0 aliphatic rings. The molecule has 0 atom stereocenters. The molecule has 4 heteroatoms. The third-order valence-corrected chi connectivity index (χ3v) is 3.13. The quantitative estimate of drug-likeness (QED) is 0.749. The van der Waals surface area contributed by atoms with E-state index in [0.29, 0.717) is 18.7 Å². The molecule has 0 unspecified atom stereocenters. The van der Waals surface area contributed by atoms with E-state index in [1.807, 2.05) is 12.1 Å². The first-order valence-corrected chi connectivity index (χ1v) is 6.61. The second kappa shape index (κ2) is 6.73. The Bertz CT molecular complexity index is 579. The Morgan fingerprint density at radius 3 is 2.30 bits per heavy atom. The van der Waals surface area contributed by atoms with Crippen LogP contribution in [0.1, 0.15) is 21.5 Å². The molecule has 0 aliphatic heterocycles. The molecule has 4 nitrogen and oxygen atoms in total. The Balaban J connectivity index is 2.03. The SMILES string of the molecule is NCCc1ccc(CNc2ccccc2C(N)=O)cc1. The lowest BCUT2D eigenvalue weighted by Gasteiger charge is -2.10. The molecular formula is C16H19N3O. The first kappa shape index (κ1) is 14.1. The van der Waals surface area contributed by atoms with E-state index < -0.39 is 5.91 Å². The van der Waals surface area contributed by atoms with Crippen molar-refractivity contribution in [2.75, 3.05) is 11.9 Å². The fourth-order valence-corrected chi connectivity index (χ4v) is 2.04. The van der Waals surface area contributed by atoms with E-state index in [9.17, 15) is 4.79 Å². The molecule has 0 aromatic heterocycles. The zero-order chi connectivity index (χ0) is 14.4. The predicted molar refractivity (Wildman–Crippen MR) is 81.5 cm³/mol. The van der Waals surface area contributed by atoms with Crippen molar-refractivity contribution in [3.63, 3.8) is 0 Å². The van der Waals surface area contributed by atoms with Gasteiger partial charge < -0.3 is 16.8 Å². The van der Waals surface area contributed by atoms with Gasteiger partial charge in [-0.25, -0.2) is 0 Å². The van der Waals surface area contributed by atoms with Crippen molar-refractivity contribution >= 4 is 11.6 Å². The lowest BCUT2D eigenvalue weighted by molar-refractivity contribution is 0.100. The average molecular weight is 269 g/mol. The van der Waals surface area contributed by atoms with Crippen LogP contribution < -0.4 is 16.8 Å². The van der Waals surface area contributed by atoms with E-state index >= 15 is 0 Å². The maximum atomic E-state index is 11.3. The second-order valence-corrected chi connectivity index (χ2v) is 4.62. The van der Waals surface area contributed by atoms with Crippen molar-refractivity contribution in [2.24, 2.45) is 11.5 Å². The molecule has 0 fully saturated rings. The number of benzene rings is 2. The summed E-state index contributed by atoms with van der Waals surface area (Å²) in [5, 5.41) is 3.24. The first-order chi connectivity index (χ1) is 9.70. The number of anilines is 1. The largest absolute Gasteiger partial charge is 0.380 e. The number of carbonyl (C=O) groups is 1. The van der Waals surface area contributed by atoms with Gasteiger partial charge in [0.2, 0.25) is 0 Å². The van der Waals surface area contributed by atoms with Crippen LogP contribution in [0.15, 0.2) is 48.5 Å². The summed E-state index contributed by atoms with van der Waals surface area (Å²) in [6, 6.07) is 15.5. The lowest BCUT2D eigenvalue weighted by atomic mass is 10.1. The van der Waals surface area contributed by atoms with Gasteiger partial charge in [0.05, 0.1) is 5.56 Å². The van der Waals surface area contributed by atoms with Gasteiger partial charge in [-0.1, -0.05) is 36.4 Å². The molecule has 1 amide bonds. The summed E-state index contributed by atoms with van der Waals surface area (Å²) in [5.41, 5.74) is 14.5. The van der Waals surface area contributed by atoms with Crippen molar-refractivity contribution in [1.29, 1.82) is 0 Å². The number of carbonyl (C=O) groups excluding carboxylic acids is 1. The van der Waals surface area contributed by atoms with Gasteiger partial charge in [-0.2, -0.15) is 0 Å². The van der Waals surface area contributed by atoms with Gasteiger partial charge in [-0.05, 0) is 36.2 Å². The van der Waals surface area contributed by atoms with Gasteiger partial charge in [0.25, 0.3) is 5.91 Å². The monoisotopic (exact) mass is 269 g/mol. The Labute approximate surface area is 118 Å². The Morgan fingerprint density at radius 2 is 1.65 bits per heavy atom. The van der Waals surface area contributed by atoms with Crippen LogP contribution in [0, 0.1) is 0 Å². The molecule has 0 aliphatic carbocycles. The molecule has 2 aromatic carbocycles. The van der Waals surface area contributed by atoms with Crippen LogP contribution in [0.3, 0.4) is 0 Å². The maximum absolute atomic E-state index is 11.3. The minimum atomic E-state index is -0.425. The highest BCUT2D eigenvalue weighted by Crippen LogP contribution is 2.15. The van der Waals surface area contributed by atoms with Crippen LogP contribution in [0.25, 0.3) is 0 Å². The number of para-hydroxylation sites is 1. The Kier molecular flexibility index (Phi) is 4.74. The van der Waals surface area contributed by atoms with Crippen LogP contribution >= 0.6 is 0 Å². The van der Waals surface area contributed by atoms with Crippen molar-refractivity contribution < 1.29 is 4.79 Å². The summed E-state index contributed by atoms with van der Waals surface area (Å²) in [4.78, 5) is 11.3. The normalized spacial score (nSPS) is 10.2. The highest BCUT2D eigenvalue weighted by Gasteiger charge is 2.06. The highest BCUT2D eigenvalue weighted by molar-refractivity contribution is 5.98. The van der Waals surface area contributed by atoms with Crippen LogP contribution in [0.5, 0.6) is 0 Å². The van der Waals surface area contributed by atoms with Crippen molar-refractivity contribution in [2.45, 2.75) is 13.0 Å². The van der Waals surface area contributed by atoms with E-state index in [1.54, 1.807) is 12.1 Å². The number of hydrogen-bond acceptors (Lipinski definition) is 3. The first-order valence-electron chi connectivity index (χ1n) is 6.61. The summed E-state index contributed by atoms with van der Waals surface area (Å²) >= 11 is 0. The average Bonchev–Trinajstić information content (AvgIpc) is 2.47. The molecular weight excluding hydrogens is 250 g/mol. The summed E-state index contributed by atoms with van der Waals surface area (Å²) in [6.07, 6.45) is 0.887. The second-order valence-electron chi connectivity index (χ2n) is 4.62. The fourth-order valence-electron chi connectivity index (χ4n) is 2.04. The van der Waals surface area contributed by atoms with Gasteiger partial charge in [0, 0.05) is 12.2 Å². The van der Waals surface area contributed by atoms with Gasteiger partial charge >= 0.3 is 0 Å². The van der Waals surface area contributed by atoms with Gasteiger partial charge in [0.1, 0.15) is 0 Å². The zero-order valence-electron chi connectivity index (χ0n) is 11.3. The van der Waals surface area contributed by atoms with Gasteiger partial charge in [-0.15, -0.1) is 0 Å². The van der Waals surface area contributed by atoms with Crippen LogP contribution in [-0.4, -0.2) is 12.5 Å². The molecule has 104 valence electrons. The van der Waals surface area contributed by atoms with Gasteiger partial charge in [0.15, 0.2) is 0 Å². The molecule has 0 bridgehead atoms. The van der Waals surface area contributed by atoms with E-state index in [-0.39, 0.29) is 0 Å². The van der Waals surface area contributed by atoms with E-state index in [1.165, 1.54) is 5.56 Å². The third kappa shape index (κ3) is 3.59. The molecule has 0 spiro atoms. The maximum Gasteiger partial charge on any atom is 0.250 e. The van der Waals surface area contributed by atoms with E-state index in [2.05, 4.69) is 29.6 Å². The number of amides is 1. The molecule has 2 aromatic rings. The highest BCUT2D eigenvalue weighted by atomic mass is 16.1. The van der Waals surface area contributed by atoms with Crippen molar-refractivity contribution in [1.82, 2.24) is 0 Å². The molecule has 0 radical (unpaired) electrons. The minimum Gasteiger partial charge on any atom is -0.380 e. The van der Waals surface area contributed by atoms with Gasteiger partial charge in [-0.3, -0.25) is 4.79 Å². The topological polar surface area (TPSA) is 81.1 Å². The smallest absolute Gasteiger partial charge is 0.250 e. The number of primary amides is 1. The third-order valence-electron chi connectivity index (χ3n) is 3.13. The summed E-state index contributed by atoms with van der Waals surface area (Å²) in [6.45, 7) is 1.30. The standard InChI is InChI=1S/C16H19N3O/c17-10-9-12-5-7-13(8-6-12)11-19-15-4-2-1-3-14(15)16(18)20/h1-8,19H,9-11,17H2,(H2,18,20). The fraction of sp³-hybridized carbons (Fsp3) is 0.188. The summed E-state index contributed by atoms with van der Waals surface area (Å²) in [7, 11) is 0. The number of rotatable bonds is 6. The van der Waals surface area contributed by atoms with Crippen LogP contribution in [0.4, 0.5) is 5.69 Å². The molecule has 0 saturated heterocycles. The number of hydrogen-bond donors (Lipinski definition) is 3. The summed E-state index contributed by atoms with van der Waals surface area (Å²) < 4.78 is 0. The Morgan fingerprint density at radius 1 is 1.00 bits per heavy atom. The van der Waals surface area contributed by atoms with Crippen LogP contribution in [0.2, 0.25) is 0 Å². The van der Waals surface area contributed by atoms with E-state index in [4.69, 9.17) is 11.5 Å². The minimum absolute atomic E-state index is 0.425. The molecule has 5 N–H and O–H groups in total. The van der Waals surface area contributed by atoms with Crippen molar-refractivity contribution in [3.05, 3.63) is 65.2 Å². The predicted octanol–water partition coefficient (Wildman–Crippen LogP) is 1.90. The molecule has 2 rings (SSSR count). The molecule has 20 heavy (non-hydrogen) atoms. The summed E-state index contributed by atoms with van der Waals surface area (Å²) in [5.74, 6) is -0.425. The van der Waals surface area contributed by atoms with Crippen LogP contribution in [-0.2, 0) is 13.0 Å². The van der Waals surface area contributed by atoms with Crippen molar-refractivity contribution in [3.8, 4) is 0 Å². The molecule has 0 saturated carbocycles. The number of nitrogens with one attached hydrogen (secondary N) is 1. The lowest BCUT2D eigenvalue weighted by Crippen LogP contribution is -2.14. The van der Waals surface area contributed by atoms with E-state index in [0.717, 1.165) is 17.7 Å².